The number of fused-ring (bicyclic) bond motifs is 3. The molecule has 0 atom stereocenters. The number of hydrogen-bond donors (Lipinski definition) is 1. The Morgan fingerprint density at radius 2 is 1.76 bits per heavy atom. The highest BCUT2D eigenvalue weighted by molar-refractivity contribution is 7.91. The number of rotatable bonds is 7. The molecule has 0 aliphatic rings. The topological polar surface area (TPSA) is 98.5 Å². The second-order valence-corrected chi connectivity index (χ2v) is 9.22. The van der Waals surface area contributed by atoms with Gasteiger partial charge < -0.3 is 10.1 Å². The van der Waals surface area contributed by atoms with Gasteiger partial charge in [0.05, 0.1) is 17.0 Å². The van der Waals surface area contributed by atoms with Gasteiger partial charge in [-0.2, -0.15) is 4.52 Å². The molecule has 0 amide bonds. The molecule has 0 spiro atoms. The summed E-state index contributed by atoms with van der Waals surface area (Å²) in [6.45, 7) is 3.01. The summed E-state index contributed by atoms with van der Waals surface area (Å²) in [7, 11) is -3.89. The van der Waals surface area contributed by atoms with Crippen molar-refractivity contribution in [1.82, 2.24) is 19.8 Å². The molecular weight excluding hydrogens is 438 g/mol. The van der Waals surface area contributed by atoms with Gasteiger partial charge in [0.15, 0.2) is 5.65 Å². The number of anilines is 1. The summed E-state index contributed by atoms with van der Waals surface area (Å²) in [6, 6.07) is 23.5. The quantitative estimate of drug-likeness (QED) is 0.391. The van der Waals surface area contributed by atoms with E-state index in [1.54, 1.807) is 18.2 Å². The highest BCUT2D eigenvalue weighted by Gasteiger charge is 2.26. The zero-order chi connectivity index (χ0) is 22.8. The third kappa shape index (κ3) is 3.87. The first-order chi connectivity index (χ1) is 16.1. The Bertz CT molecular complexity index is 1550. The van der Waals surface area contributed by atoms with Crippen LogP contribution in [0.15, 0.2) is 88.8 Å². The van der Waals surface area contributed by atoms with Crippen molar-refractivity contribution in [3.8, 4) is 5.75 Å². The van der Waals surface area contributed by atoms with Gasteiger partial charge in [0.2, 0.25) is 14.9 Å². The highest BCUT2D eigenvalue weighted by Crippen LogP contribution is 2.28. The number of sulfone groups is 1. The summed E-state index contributed by atoms with van der Waals surface area (Å²) in [5.74, 6) is 1.34. The standard InChI is InChI=1S/C24H21N5O3S/c1-2-32-18-10-8-9-17(15-18)16-25-22-20-13-6-7-14-21(20)29-23(26-22)24(27-28-29)33(30,31)19-11-4-3-5-12-19/h3-15H,2,16H2,1H3,(H,25,26). The fourth-order valence-corrected chi connectivity index (χ4v) is 4.92. The summed E-state index contributed by atoms with van der Waals surface area (Å²) in [6.07, 6.45) is 0. The van der Waals surface area contributed by atoms with Crippen molar-refractivity contribution in [2.75, 3.05) is 11.9 Å². The number of nitrogens with zero attached hydrogens (tertiary/aromatic N) is 4. The Hall–Kier alpha value is -3.98. The molecule has 166 valence electrons. The monoisotopic (exact) mass is 459 g/mol. The molecule has 9 heteroatoms. The molecule has 0 radical (unpaired) electrons. The maximum absolute atomic E-state index is 13.2. The zero-order valence-electron chi connectivity index (χ0n) is 17.8. The molecule has 0 saturated carbocycles. The van der Waals surface area contributed by atoms with E-state index >= 15 is 0 Å². The minimum absolute atomic E-state index is 0.143. The lowest BCUT2D eigenvalue weighted by Crippen LogP contribution is -2.07. The Balaban J connectivity index is 1.60. The lowest BCUT2D eigenvalue weighted by atomic mass is 10.2. The van der Waals surface area contributed by atoms with Crippen LogP contribution in [0.1, 0.15) is 12.5 Å². The molecule has 8 nitrogen and oxygen atoms in total. The largest absolute Gasteiger partial charge is 0.494 e. The van der Waals surface area contributed by atoms with E-state index < -0.39 is 9.84 Å². The summed E-state index contributed by atoms with van der Waals surface area (Å²) in [5, 5.41) is 12.1. The molecule has 0 bridgehead atoms. The van der Waals surface area contributed by atoms with E-state index in [0.29, 0.717) is 24.5 Å². The van der Waals surface area contributed by atoms with Crippen LogP contribution in [0.4, 0.5) is 5.82 Å². The van der Waals surface area contributed by atoms with Crippen molar-refractivity contribution in [2.24, 2.45) is 0 Å². The van der Waals surface area contributed by atoms with Gasteiger partial charge in [-0.25, -0.2) is 13.4 Å². The van der Waals surface area contributed by atoms with Crippen molar-refractivity contribution in [1.29, 1.82) is 0 Å². The Morgan fingerprint density at radius 3 is 2.58 bits per heavy atom. The number of nitrogens with one attached hydrogen (secondary N) is 1. The molecule has 3 aromatic carbocycles. The van der Waals surface area contributed by atoms with E-state index in [4.69, 9.17) is 4.74 Å². The lowest BCUT2D eigenvalue weighted by Gasteiger charge is -2.11. The number of hydrogen-bond acceptors (Lipinski definition) is 7. The van der Waals surface area contributed by atoms with Crippen molar-refractivity contribution in [3.05, 3.63) is 84.4 Å². The van der Waals surface area contributed by atoms with Crippen LogP contribution in [-0.4, -0.2) is 34.8 Å². The average Bonchev–Trinajstić information content (AvgIpc) is 3.29. The molecule has 0 aliphatic heterocycles. The highest BCUT2D eigenvalue weighted by atomic mass is 32.2. The smallest absolute Gasteiger partial charge is 0.229 e. The van der Waals surface area contributed by atoms with E-state index in [1.165, 1.54) is 16.6 Å². The van der Waals surface area contributed by atoms with Crippen LogP contribution in [0.5, 0.6) is 5.75 Å². The van der Waals surface area contributed by atoms with Crippen molar-refractivity contribution >= 4 is 32.2 Å². The molecular formula is C24H21N5O3S. The van der Waals surface area contributed by atoms with Gasteiger partial charge in [-0.05, 0) is 48.9 Å². The zero-order valence-corrected chi connectivity index (χ0v) is 18.7. The SMILES string of the molecule is CCOc1cccc(CNc2nc3c(S(=O)(=O)c4ccccc4)nnn3c3ccccc23)c1. The van der Waals surface area contributed by atoms with Gasteiger partial charge >= 0.3 is 0 Å². The minimum Gasteiger partial charge on any atom is -0.494 e. The first kappa shape index (κ1) is 20.9. The van der Waals surface area contributed by atoms with Crippen LogP contribution in [0.25, 0.3) is 16.6 Å². The Labute approximate surface area is 190 Å². The first-order valence-electron chi connectivity index (χ1n) is 10.5. The second kappa shape index (κ2) is 8.51. The molecule has 0 fully saturated rings. The normalized spacial score (nSPS) is 11.7. The van der Waals surface area contributed by atoms with Gasteiger partial charge in [-0.1, -0.05) is 47.7 Å². The molecule has 0 saturated heterocycles. The third-order valence-corrected chi connectivity index (χ3v) is 6.87. The Morgan fingerprint density at radius 1 is 0.970 bits per heavy atom. The maximum Gasteiger partial charge on any atom is 0.229 e. The Kier molecular flexibility index (Phi) is 5.39. The van der Waals surface area contributed by atoms with Gasteiger partial charge in [0.25, 0.3) is 0 Å². The van der Waals surface area contributed by atoms with Crippen molar-refractivity contribution < 1.29 is 13.2 Å². The summed E-state index contributed by atoms with van der Waals surface area (Å²) in [5.41, 5.74) is 1.88. The lowest BCUT2D eigenvalue weighted by molar-refractivity contribution is 0.340. The predicted molar refractivity (Wildman–Crippen MR) is 125 cm³/mol. The van der Waals surface area contributed by atoms with Gasteiger partial charge in [-0.15, -0.1) is 5.10 Å². The van der Waals surface area contributed by atoms with E-state index in [9.17, 15) is 8.42 Å². The van der Waals surface area contributed by atoms with E-state index in [0.717, 1.165) is 16.7 Å². The summed E-state index contributed by atoms with van der Waals surface area (Å²) < 4.78 is 33.5. The molecule has 5 rings (SSSR count). The predicted octanol–water partition coefficient (Wildman–Crippen LogP) is 4.12. The van der Waals surface area contributed by atoms with Crippen LogP contribution in [-0.2, 0) is 16.4 Å². The van der Waals surface area contributed by atoms with Gasteiger partial charge in [0.1, 0.15) is 11.6 Å². The van der Waals surface area contributed by atoms with Crippen LogP contribution < -0.4 is 10.1 Å². The maximum atomic E-state index is 13.2. The van der Waals surface area contributed by atoms with Crippen LogP contribution in [0.3, 0.4) is 0 Å². The first-order valence-corrected chi connectivity index (χ1v) is 12.0. The number of ether oxygens (including phenoxy) is 1. The minimum atomic E-state index is -3.89. The van der Waals surface area contributed by atoms with E-state index in [1.807, 2.05) is 55.5 Å². The van der Waals surface area contributed by atoms with Crippen molar-refractivity contribution in [3.63, 3.8) is 0 Å². The van der Waals surface area contributed by atoms with Crippen LogP contribution in [0.2, 0.25) is 0 Å². The fraction of sp³-hybridized carbons (Fsp3) is 0.125. The summed E-state index contributed by atoms with van der Waals surface area (Å²) >= 11 is 0. The van der Waals surface area contributed by atoms with E-state index in [2.05, 4.69) is 20.6 Å². The van der Waals surface area contributed by atoms with Crippen LogP contribution >= 0.6 is 0 Å². The molecule has 5 aromatic rings. The van der Waals surface area contributed by atoms with Gasteiger partial charge in [-0.3, -0.25) is 0 Å². The number of para-hydroxylation sites is 1. The molecule has 2 aromatic heterocycles. The third-order valence-electron chi connectivity index (χ3n) is 5.20. The number of aromatic nitrogens is 4. The summed E-state index contributed by atoms with van der Waals surface area (Å²) in [4.78, 5) is 4.79. The number of benzene rings is 3. The van der Waals surface area contributed by atoms with Gasteiger partial charge in [0, 0.05) is 11.9 Å². The second-order valence-electron chi connectivity index (χ2n) is 7.36. The fourth-order valence-electron chi connectivity index (χ4n) is 3.66. The van der Waals surface area contributed by atoms with Crippen LogP contribution in [0, 0.1) is 0 Å². The molecule has 2 heterocycles. The molecule has 1 N–H and O–H groups in total. The molecule has 0 aliphatic carbocycles. The van der Waals surface area contributed by atoms with E-state index in [-0.39, 0.29) is 15.6 Å². The average molecular weight is 460 g/mol. The molecule has 0 unspecified atom stereocenters. The molecule has 33 heavy (non-hydrogen) atoms. The van der Waals surface area contributed by atoms with Crippen molar-refractivity contribution in [2.45, 2.75) is 23.4 Å².